The monoisotopic (exact) mass is 277 g/mol. The third-order valence-electron chi connectivity index (χ3n) is 3.74. The summed E-state index contributed by atoms with van der Waals surface area (Å²) in [7, 11) is 0. The molecule has 1 aliphatic rings. The molecule has 1 N–H and O–H groups in total. The van der Waals surface area contributed by atoms with E-state index in [1.165, 1.54) is 5.56 Å². The van der Waals surface area contributed by atoms with Gasteiger partial charge in [-0.15, -0.1) is 0 Å². The summed E-state index contributed by atoms with van der Waals surface area (Å²) in [5.41, 5.74) is 2.28. The summed E-state index contributed by atoms with van der Waals surface area (Å²) in [6.45, 7) is 5.42. The SMILES string of the molecule is Cc1ccc(N(CCC(=O)O)CC2CCC(C)O2)cc1. The van der Waals surface area contributed by atoms with E-state index in [1.807, 2.05) is 6.92 Å². The summed E-state index contributed by atoms with van der Waals surface area (Å²) in [6.07, 6.45) is 2.82. The normalized spacial score (nSPS) is 21.9. The van der Waals surface area contributed by atoms with Crippen molar-refractivity contribution in [1.82, 2.24) is 0 Å². The van der Waals surface area contributed by atoms with Crippen molar-refractivity contribution in [2.24, 2.45) is 0 Å². The minimum atomic E-state index is -0.761. The Kier molecular flexibility index (Phi) is 5.01. The zero-order valence-electron chi connectivity index (χ0n) is 12.2. The van der Waals surface area contributed by atoms with Crippen LogP contribution in [0.2, 0.25) is 0 Å². The smallest absolute Gasteiger partial charge is 0.305 e. The molecule has 1 fully saturated rings. The second-order valence-electron chi connectivity index (χ2n) is 5.57. The molecular formula is C16H23NO3. The van der Waals surface area contributed by atoms with Crippen molar-refractivity contribution in [2.45, 2.75) is 45.3 Å². The van der Waals surface area contributed by atoms with Crippen LogP contribution in [-0.4, -0.2) is 36.4 Å². The maximum atomic E-state index is 10.8. The lowest BCUT2D eigenvalue weighted by Crippen LogP contribution is -2.34. The molecule has 2 atom stereocenters. The summed E-state index contributed by atoms with van der Waals surface area (Å²) in [6, 6.07) is 8.22. The molecule has 20 heavy (non-hydrogen) atoms. The molecule has 1 aromatic rings. The van der Waals surface area contributed by atoms with E-state index in [0.717, 1.165) is 25.1 Å². The van der Waals surface area contributed by atoms with Gasteiger partial charge in [-0.05, 0) is 38.8 Å². The third-order valence-corrected chi connectivity index (χ3v) is 3.74. The molecule has 0 bridgehead atoms. The second-order valence-corrected chi connectivity index (χ2v) is 5.57. The van der Waals surface area contributed by atoms with Crippen molar-refractivity contribution in [2.75, 3.05) is 18.0 Å². The number of aliphatic carboxylic acids is 1. The van der Waals surface area contributed by atoms with Crippen molar-refractivity contribution in [3.63, 3.8) is 0 Å². The number of hydrogen-bond acceptors (Lipinski definition) is 3. The highest BCUT2D eigenvalue weighted by molar-refractivity contribution is 5.67. The number of aryl methyl sites for hydroxylation is 1. The van der Waals surface area contributed by atoms with Gasteiger partial charge in [-0.3, -0.25) is 4.79 Å². The Morgan fingerprint density at radius 3 is 2.60 bits per heavy atom. The summed E-state index contributed by atoms with van der Waals surface area (Å²) in [5, 5.41) is 8.90. The van der Waals surface area contributed by atoms with E-state index >= 15 is 0 Å². The predicted molar refractivity (Wildman–Crippen MR) is 79.2 cm³/mol. The van der Waals surface area contributed by atoms with Crippen LogP contribution in [0.25, 0.3) is 0 Å². The first-order valence-electron chi connectivity index (χ1n) is 7.23. The fourth-order valence-corrected chi connectivity index (χ4v) is 2.58. The van der Waals surface area contributed by atoms with Gasteiger partial charge in [0.05, 0.1) is 18.6 Å². The minimum absolute atomic E-state index is 0.149. The first-order valence-corrected chi connectivity index (χ1v) is 7.23. The summed E-state index contributed by atoms with van der Waals surface area (Å²) >= 11 is 0. The lowest BCUT2D eigenvalue weighted by molar-refractivity contribution is -0.136. The van der Waals surface area contributed by atoms with Gasteiger partial charge in [0.25, 0.3) is 0 Å². The Balaban J connectivity index is 2.03. The van der Waals surface area contributed by atoms with Crippen molar-refractivity contribution >= 4 is 11.7 Å². The topological polar surface area (TPSA) is 49.8 Å². The summed E-state index contributed by atoms with van der Waals surface area (Å²) < 4.78 is 5.85. The lowest BCUT2D eigenvalue weighted by atomic mass is 10.1. The average molecular weight is 277 g/mol. The summed E-state index contributed by atoms with van der Waals surface area (Å²) in [5.74, 6) is -0.761. The first-order chi connectivity index (χ1) is 9.54. The van der Waals surface area contributed by atoms with Crippen LogP contribution in [0.4, 0.5) is 5.69 Å². The van der Waals surface area contributed by atoms with E-state index in [2.05, 4.69) is 36.1 Å². The number of ether oxygens (including phenoxy) is 1. The number of nitrogens with zero attached hydrogens (tertiary/aromatic N) is 1. The number of rotatable bonds is 6. The van der Waals surface area contributed by atoms with Gasteiger partial charge >= 0.3 is 5.97 Å². The number of carboxylic acid groups (broad SMARTS) is 1. The highest BCUT2D eigenvalue weighted by atomic mass is 16.5. The Morgan fingerprint density at radius 1 is 1.35 bits per heavy atom. The van der Waals surface area contributed by atoms with Gasteiger partial charge in [0.15, 0.2) is 0 Å². The predicted octanol–water partition coefficient (Wildman–Crippen LogP) is 2.84. The maximum Gasteiger partial charge on any atom is 0.305 e. The zero-order chi connectivity index (χ0) is 14.5. The molecule has 1 aliphatic heterocycles. The van der Waals surface area contributed by atoms with Crippen molar-refractivity contribution < 1.29 is 14.6 Å². The van der Waals surface area contributed by atoms with Crippen LogP contribution in [0.3, 0.4) is 0 Å². The second kappa shape index (κ2) is 6.75. The van der Waals surface area contributed by atoms with E-state index in [4.69, 9.17) is 9.84 Å². The fraction of sp³-hybridized carbons (Fsp3) is 0.562. The number of carbonyl (C=O) groups is 1. The molecule has 1 saturated heterocycles. The van der Waals surface area contributed by atoms with Crippen molar-refractivity contribution in [3.05, 3.63) is 29.8 Å². The molecule has 0 aromatic heterocycles. The molecule has 0 amide bonds. The third kappa shape index (κ3) is 4.23. The van der Waals surface area contributed by atoms with Crippen LogP contribution in [0, 0.1) is 6.92 Å². The maximum absolute atomic E-state index is 10.8. The summed E-state index contributed by atoms with van der Waals surface area (Å²) in [4.78, 5) is 12.9. The van der Waals surface area contributed by atoms with E-state index in [-0.39, 0.29) is 12.5 Å². The average Bonchev–Trinajstić information content (AvgIpc) is 2.81. The Hall–Kier alpha value is -1.55. The van der Waals surface area contributed by atoms with Gasteiger partial charge in [0.2, 0.25) is 0 Å². The largest absolute Gasteiger partial charge is 0.481 e. The lowest BCUT2D eigenvalue weighted by Gasteiger charge is -2.27. The molecule has 110 valence electrons. The zero-order valence-corrected chi connectivity index (χ0v) is 12.2. The standard InChI is InChI=1S/C16H23NO3/c1-12-3-6-14(7-4-12)17(10-9-16(18)19)11-15-8-5-13(2)20-15/h3-4,6-7,13,15H,5,8-11H2,1-2H3,(H,18,19). The Labute approximate surface area is 120 Å². The minimum Gasteiger partial charge on any atom is -0.481 e. The number of carboxylic acids is 1. The van der Waals surface area contributed by atoms with Crippen LogP contribution in [0.15, 0.2) is 24.3 Å². The molecule has 0 spiro atoms. The van der Waals surface area contributed by atoms with Crippen LogP contribution < -0.4 is 4.90 Å². The molecule has 0 saturated carbocycles. The van der Waals surface area contributed by atoms with Gasteiger partial charge in [-0.2, -0.15) is 0 Å². The van der Waals surface area contributed by atoms with E-state index < -0.39 is 5.97 Å². The molecule has 2 rings (SSSR count). The van der Waals surface area contributed by atoms with Crippen molar-refractivity contribution in [1.29, 1.82) is 0 Å². The molecule has 4 heteroatoms. The fourth-order valence-electron chi connectivity index (χ4n) is 2.58. The van der Waals surface area contributed by atoms with E-state index in [1.54, 1.807) is 0 Å². The van der Waals surface area contributed by atoms with Crippen LogP contribution in [-0.2, 0) is 9.53 Å². The van der Waals surface area contributed by atoms with Gasteiger partial charge < -0.3 is 14.7 Å². The molecule has 4 nitrogen and oxygen atoms in total. The quantitative estimate of drug-likeness (QED) is 0.868. The van der Waals surface area contributed by atoms with Crippen LogP contribution >= 0.6 is 0 Å². The van der Waals surface area contributed by atoms with Gasteiger partial charge in [-0.1, -0.05) is 17.7 Å². The van der Waals surface area contributed by atoms with Gasteiger partial charge in [0.1, 0.15) is 0 Å². The van der Waals surface area contributed by atoms with Gasteiger partial charge in [-0.25, -0.2) is 0 Å². The molecule has 0 radical (unpaired) electrons. The van der Waals surface area contributed by atoms with Crippen LogP contribution in [0.5, 0.6) is 0 Å². The Bertz CT molecular complexity index is 444. The molecule has 1 aromatic carbocycles. The number of anilines is 1. The molecule has 0 aliphatic carbocycles. The highest BCUT2D eigenvalue weighted by Gasteiger charge is 2.24. The van der Waals surface area contributed by atoms with Gasteiger partial charge in [0, 0.05) is 18.8 Å². The Morgan fingerprint density at radius 2 is 2.05 bits per heavy atom. The number of hydrogen-bond donors (Lipinski definition) is 1. The van der Waals surface area contributed by atoms with E-state index in [9.17, 15) is 4.79 Å². The van der Waals surface area contributed by atoms with E-state index in [0.29, 0.717) is 12.6 Å². The molecular weight excluding hydrogens is 254 g/mol. The van der Waals surface area contributed by atoms with Crippen LogP contribution in [0.1, 0.15) is 31.7 Å². The van der Waals surface area contributed by atoms with Crippen molar-refractivity contribution in [3.8, 4) is 0 Å². The molecule has 1 heterocycles. The molecule has 2 unspecified atom stereocenters. The highest BCUT2D eigenvalue weighted by Crippen LogP contribution is 2.23. The number of benzene rings is 1. The first kappa shape index (κ1) is 14.9.